The molecule has 2 aliphatic carbocycles. The van der Waals surface area contributed by atoms with Crippen LogP contribution in [0.15, 0.2) is 11.8 Å². The average Bonchev–Trinajstić information content (AvgIpc) is 2.54. The van der Waals surface area contributed by atoms with E-state index in [1.807, 2.05) is 0 Å². The minimum atomic E-state index is 0.629. The van der Waals surface area contributed by atoms with Crippen LogP contribution >= 0.6 is 0 Å². The van der Waals surface area contributed by atoms with Gasteiger partial charge in [0.25, 0.3) is 0 Å². The lowest BCUT2D eigenvalue weighted by Crippen LogP contribution is -2.25. The molecule has 12 heavy (non-hydrogen) atoms. The lowest BCUT2D eigenvalue weighted by atomic mass is 10.0. The van der Waals surface area contributed by atoms with Crippen LogP contribution in [-0.4, -0.2) is 25.8 Å². The maximum absolute atomic E-state index is 3.45. The quantitative estimate of drug-likeness (QED) is 0.496. The first-order valence-corrected chi connectivity index (χ1v) is 4.76. The Balaban J connectivity index is 1.82. The zero-order valence-corrected chi connectivity index (χ0v) is 7.30. The molecule has 0 aromatic rings. The Morgan fingerprint density at radius 3 is 3.33 bits per heavy atom. The molecule has 4 atom stereocenters. The van der Waals surface area contributed by atoms with Crippen molar-refractivity contribution in [1.82, 2.24) is 16.0 Å². The molecule has 3 rings (SSSR count). The summed E-state index contributed by atoms with van der Waals surface area (Å²) in [4.78, 5) is 0. The highest BCUT2D eigenvalue weighted by molar-refractivity contribution is 5.28. The van der Waals surface area contributed by atoms with Gasteiger partial charge in [-0.05, 0) is 25.3 Å². The van der Waals surface area contributed by atoms with Crippen molar-refractivity contribution in [3.05, 3.63) is 11.8 Å². The summed E-state index contributed by atoms with van der Waals surface area (Å²) in [6, 6.07) is 1.39. The summed E-state index contributed by atoms with van der Waals surface area (Å²) in [5.41, 5.74) is 1.44. The number of rotatable bonds is 1. The van der Waals surface area contributed by atoms with Gasteiger partial charge in [-0.2, -0.15) is 0 Å². The molecule has 1 saturated heterocycles. The molecule has 2 fully saturated rings. The van der Waals surface area contributed by atoms with Crippen molar-refractivity contribution in [2.45, 2.75) is 18.5 Å². The van der Waals surface area contributed by atoms with E-state index in [9.17, 15) is 0 Å². The second-order valence-corrected chi connectivity index (χ2v) is 4.02. The first-order chi connectivity index (χ1) is 5.90. The van der Waals surface area contributed by atoms with Gasteiger partial charge in [0.15, 0.2) is 0 Å². The molecule has 1 saturated carbocycles. The number of fused-ring (bicyclic) bond motifs is 2. The molecule has 3 aliphatic rings. The number of hydrogen-bond acceptors (Lipinski definition) is 3. The molecule has 3 nitrogen and oxygen atoms in total. The molecule has 0 amide bonds. The first kappa shape index (κ1) is 6.92. The van der Waals surface area contributed by atoms with E-state index in [2.05, 4.69) is 29.1 Å². The van der Waals surface area contributed by atoms with Gasteiger partial charge in [-0.3, -0.25) is 5.32 Å². The zero-order valence-electron chi connectivity index (χ0n) is 7.30. The van der Waals surface area contributed by atoms with Gasteiger partial charge in [0.1, 0.15) is 0 Å². The smallest absolute Gasteiger partial charge is 0.0656 e. The molecule has 2 unspecified atom stereocenters. The van der Waals surface area contributed by atoms with Crippen LogP contribution in [0.2, 0.25) is 0 Å². The fraction of sp³-hybridized carbons (Fsp3) is 0.778. The largest absolute Gasteiger partial charge is 0.375 e. The Labute approximate surface area is 72.6 Å². The predicted octanol–water partition coefficient (Wildman–Crippen LogP) is -0.373. The summed E-state index contributed by atoms with van der Waals surface area (Å²) in [5, 5.41) is 10.2. The van der Waals surface area contributed by atoms with Crippen molar-refractivity contribution in [3.63, 3.8) is 0 Å². The van der Waals surface area contributed by atoms with Crippen molar-refractivity contribution >= 4 is 0 Å². The van der Waals surface area contributed by atoms with Gasteiger partial charge in [-0.1, -0.05) is 6.08 Å². The van der Waals surface area contributed by atoms with E-state index < -0.39 is 0 Å². The topological polar surface area (TPSA) is 36.1 Å². The Hall–Kier alpha value is -0.540. The van der Waals surface area contributed by atoms with Crippen LogP contribution in [0.4, 0.5) is 0 Å². The summed E-state index contributed by atoms with van der Waals surface area (Å²) in [6.07, 6.45) is 3.73. The van der Waals surface area contributed by atoms with Crippen molar-refractivity contribution < 1.29 is 0 Å². The van der Waals surface area contributed by atoms with E-state index in [-0.39, 0.29) is 0 Å². The fourth-order valence-corrected chi connectivity index (χ4v) is 2.71. The highest BCUT2D eigenvalue weighted by Crippen LogP contribution is 2.48. The van der Waals surface area contributed by atoms with Gasteiger partial charge < -0.3 is 10.6 Å². The van der Waals surface area contributed by atoms with E-state index in [1.54, 1.807) is 0 Å². The Bertz CT molecular complexity index is 236. The van der Waals surface area contributed by atoms with E-state index in [0.29, 0.717) is 6.04 Å². The van der Waals surface area contributed by atoms with E-state index in [4.69, 9.17) is 0 Å². The Morgan fingerprint density at radius 2 is 2.50 bits per heavy atom. The standard InChI is InChI=1S/C9H15N3/c1-10-9-5-2-7-8(3-6(5)9)12-4-11-7/h2,5-6,8-12H,3-4H2,1H3/t5-,6?,8?,9-/m0/s1. The molecular formula is C9H15N3. The van der Waals surface area contributed by atoms with Crippen molar-refractivity contribution in [2.24, 2.45) is 11.8 Å². The van der Waals surface area contributed by atoms with E-state index in [1.165, 1.54) is 12.1 Å². The summed E-state index contributed by atoms with van der Waals surface area (Å²) < 4.78 is 0. The van der Waals surface area contributed by atoms with Crippen LogP contribution < -0.4 is 16.0 Å². The normalized spacial score (nSPS) is 48.9. The van der Waals surface area contributed by atoms with E-state index in [0.717, 1.165) is 24.5 Å². The van der Waals surface area contributed by atoms with Gasteiger partial charge >= 0.3 is 0 Å². The van der Waals surface area contributed by atoms with Crippen LogP contribution in [0.25, 0.3) is 0 Å². The second-order valence-electron chi connectivity index (χ2n) is 4.02. The van der Waals surface area contributed by atoms with Gasteiger partial charge in [0.2, 0.25) is 0 Å². The van der Waals surface area contributed by atoms with Crippen molar-refractivity contribution in [3.8, 4) is 0 Å². The summed E-state index contributed by atoms with van der Waals surface area (Å²) in [6.45, 7) is 0.958. The van der Waals surface area contributed by atoms with Crippen LogP contribution in [0.5, 0.6) is 0 Å². The lowest BCUT2D eigenvalue weighted by molar-refractivity contribution is 0.530. The van der Waals surface area contributed by atoms with Crippen LogP contribution in [0, 0.1) is 11.8 Å². The highest BCUT2D eigenvalue weighted by Gasteiger charge is 2.52. The molecule has 0 bridgehead atoms. The van der Waals surface area contributed by atoms with Crippen LogP contribution in [0.1, 0.15) is 6.42 Å². The summed E-state index contributed by atoms with van der Waals surface area (Å²) in [5.74, 6) is 1.71. The van der Waals surface area contributed by atoms with Gasteiger partial charge in [0.05, 0.1) is 6.67 Å². The molecule has 1 heterocycles. The minimum absolute atomic E-state index is 0.629. The number of nitrogens with one attached hydrogen (secondary N) is 3. The molecule has 0 aromatic heterocycles. The van der Waals surface area contributed by atoms with Crippen LogP contribution in [0.3, 0.4) is 0 Å². The average molecular weight is 165 g/mol. The summed E-state index contributed by atoms with van der Waals surface area (Å²) in [7, 11) is 2.07. The summed E-state index contributed by atoms with van der Waals surface area (Å²) >= 11 is 0. The molecular weight excluding hydrogens is 150 g/mol. The van der Waals surface area contributed by atoms with E-state index >= 15 is 0 Å². The third-order valence-corrected chi connectivity index (χ3v) is 3.46. The Kier molecular flexibility index (Phi) is 1.29. The third-order valence-electron chi connectivity index (χ3n) is 3.46. The molecule has 3 N–H and O–H groups in total. The van der Waals surface area contributed by atoms with Gasteiger partial charge in [-0.15, -0.1) is 0 Å². The minimum Gasteiger partial charge on any atom is -0.375 e. The van der Waals surface area contributed by atoms with Crippen molar-refractivity contribution in [2.75, 3.05) is 13.7 Å². The van der Waals surface area contributed by atoms with Crippen LogP contribution in [-0.2, 0) is 0 Å². The maximum atomic E-state index is 3.45. The fourth-order valence-electron chi connectivity index (χ4n) is 2.71. The molecule has 1 aliphatic heterocycles. The highest BCUT2D eigenvalue weighted by atomic mass is 15.2. The Morgan fingerprint density at radius 1 is 1.58 bits per heavy atom. The molecule has 0 radical (unpaired) electrons. The zero-order chi connectivity index (χ0) is 8.13. The monoisotopic (exact) mass is 165 g/mol. The predicted molar refractivity (Wildman–Crippen MR) is 47.5 cm³/mol. The second kappa shape index (κ2) is 2.24. The SMILES string of the molecule is CN[C@@H]1C2CC3NCNC3=C[C@@H]21. The van der Waals surface area contributed by atoms with Crippen molar-refractivity contribution in [1.29, 1.82) is 0 Å². The molecule has 0 aromatic carbocycles. The molecule has 0 spiro atoms. The third kappa shape index (κ3) is 0.780. The number of hydrogen-bond donors (Lipinski definition) is 3. The first-order valence-electron chi connectivity index (χ1n) is 4.76. The molecule has 66 valence electrons. The maximum Gasteiger partial charge on any atom is 0.0656 e. The lowest BCUT2D eigenvalue weighted by Gasteiger charge is -2.14. The molecule has 3 heteroatoms. The van der Waals surface area contributed by atoms with Gasteiger partial charge in [-0.25, -0.2) is 0 Å². The van der Waals surface area contributed by atoms with Gasteiger partial charge in [0, 0.05) is 17.8 Å².